The van der Waals surface area contributed by atoms with Gasteiger partial charge in [0.1, 0.15) is 18.1 Å². The van der Waals surface area contributed by atoms with Crippen LogP contribution in [-0.4, -0.2) is 64.8 Å². The Labute approximate surface area is 192 Å². The van der Waals surface area contributed by atoms with Crippen LogP contribution < -0.4 is 33.2 Å². The van der Waals surface area contributed by atoms with E-state index in [0.29, 0.717) is 6.42 Å². The molecule has 0 aromatic carbocycles. The van der Waals surface area contributed by atoms with E-state index >= 15 is 0 Å². The third-order valence-corrected chi connectivity index (χ3v) is 4.91. The first-order chi connectivity index (χ1) is 15.2. The molecule has 5 atom stereocenters. The molecule has 0 heterocycles. The van der Waals surface area contributed by atoms with E-state index in [4.69, 9.17) is 17.2 Å². The molecule has 0 aromatic rings. The van der Waals surface area contributed by atoms with Crippen LogP contribution in [0.25, 0.3) is 0 Å². The first kappa shape index (κ1) is 29.8. The van der Waals surface area contributed by atoms with Crippen molar-refractivity contribution in [3.05, 3.63) is 0 Å². The molecule has 0 aromatic heterocycles. The summed E-state index contributed by atoms with van der Waals surface area (Å²) in [6.45, 7) is 6.95. The number of rotatable bonds is 15. The van der Waals surface area contributed by atoms with E-state index < -0.39 is 78.4 Å². The zero-order valence-corrected chi connectivity index (χ0v) is 19.4. The quantitative estimate of drug-likeness (QED) is 0.136. The van der Waals surface area contributed by atoms with E-state index in [0.717, 1.165) is 0 Å². The minimum absolute atomic E-state index is 0.0707. The number of carboxylic acids is 1. The van der Waals surface area contributed by atoms with Gasteiger partial charge in [-0.2, -0.15) is 0 Å². The van der Waals surface area contributed by atoms with Crippen molar-refractivity contribution in [2.24, 2.45) is 29.0 Å². The van der Waals surface area contributed by atoms with Crippen LogP contribution in [0.2, 0.25) is 0 Å². The highest BCUT2D eigenvalue weighted by molar-refractivity contribution is 5.96. The molecule has 188 valence electrons. The molecular formula is C20H36N6O7. The molecule has 0 aliphatic heterocycles. The van der Waals surface area contributed by atoms with Crippen LogP contribution in [0.15, 0.2) is 0 Å². The molecule has 0 bridgehead atoms. The highest BCUT2D eigenvalue weighted by atomic mass is 16.4. The fraction of sp³-hybridized carbons (Fsp3) is 0.700. The lowest BCUT2D eigenvalue weighted by Crippen LogP contribution is -2.58. The second kappa shape index (κ2) is 14.0. The molecular weight excluding hydrogens is 436 g/mol. The van der Waals surface area contributed by atoms with E-state index in [1.165, 1.54) is 0 Å². The lowest BCUT2D eigenvalue weighted by atomic mass is 9.98. The second-order valence-electron chi connectivity index (χ2n) is 8.41. The van der Waals surface area contributed by atoms with Crippen molar-refractivity contribution in [3.63, 3.8) is 0 Å². The molecule has 0 fully saturated rings. The fourth-order valence-electron chi connectivity index (χ4n) is 2.91. The molecule has 0 radical (unpaired) electrons. The maximum absolute atomic E-state index is 12.9. The number of aliphatic carboxylic acids is 1. The molecule has 33 heavy (non-hydrogen) atoms. The van der Waals surface area contributed by atoms with Gasteiger partial charge in [-0.1, -0.05) is 34.1 Å². The molecule has 5 unspecified atom stereocenters. The van der Waals surface area contributed by atoms with Gasteiger partial charge in [0.05, 0.1) is 18.9 Å². The van der Waals surface area contributed by atoms with E-state index in [2.05, 4.69) is 16.0 Å². The Hall–Kier alpha value is -3.22. The van der Waals surface area contributed by atoms with Crippen molar-refractivity contribution in [3.8, 4) is 0 Å². The Morgan fingerprint density at radius 3 is 1.70 bits per heavy atom. The average molecular weight is 473 g/mol. The maximum atomic E-state index is 12.9. The number of carboxylic acid groups (broad SMARTS) is 1. The Bertz CT molecular complexity index is 742. The van der Waals surface area contributed by atoms with Crippen molar-refractivity contribution in [2.75, 3.05) is 0 Å². The minimum atomic E-state index is -1.47. The number of carbonyl (C=O) groups excluding carboxylic acids is 5. The molecule has 0 aliphatic carbocycles. The van der Waals surface area contributed by atoms with Crippen molar-refractivity contribution >= 4 is 35.5 Å². The monoisotopic (exact) mass is 472 g/mol. The predicted octanol–water partition coefficient (Wildman–Crippen LogP) is -2.30. The lowest BCUT2D eigenvalue weighted by Gasteiger charge is -2.26. The molecule has 13 heteroatoms. The number of nitrogens with two attached hydrogens (primary N) is 3. The van der Waals surface area contributed by atoms with Crippen LogP contribution in [0, 0.1) is 11.8 Å². The third-order valence-electron chi connectivity index (χ3n) is 4.91. The molecule has 0 spiro atoms. The van der Waals surface area contributed by atoms with Crippen LogP contribution in [-0.2, 0) is 28.8 Å². The number of primary amides is 2. The van der Waals surface area contributed by atoms with Gasteiger partial charge in [-0.3, -0.25) is 24.0 Å². The van der Waals surface area contributed by atoms with Gasteiger partial charge in [0.2, 0.25) is 29.5 Å². The van der Waals surface area contributed by atoms with E-state index in [9.17, 15) is 33.9 Å². The number of hydrogen-bond acceptors (Lipinski definition) is 7. The van der Waals surface area contributed by atoms with Gasteiger partial charge in [-0.25, -0.2) is 4.79 Å². The summed E-state index contributed by atoms with van der Waals surface area (Å²) in [6.07, 6.45) is -0.413. The smallest absolute Gasteiger partial charge is 0.326 e. The van der Waals surface area contributed by atoms with Gasteiger partial charge in [0.25, 0.3) is 0 Å². The highest BCUT2D eigenvalue weighted by Gasteiger charge is 2.33. The molecule has 13 nitrogen and oxygen atoms in total. The zero-order valence-electron chi connectivity index (χ0n) is 19.4. The first-order valence-electron chi connectivity index (χ1n) is 10.7. The molecule has 0 saturated carbocycles. The number of nitrogens with one attached hydrogen (secondary N) is 3. The third kappa shape index (κ3) is 11.3. The van der Waals surface area contributed by atoms with Crippen LogP contribution in [0.5, 0.6) is 0 Å². The SMILES string of the molecule is CCC(C)C(NC(=O)C(CC(N)=O)NC(=O)C(CC(C)C)NC(=O)C(N)CC(N)=O)C(=O)O. The van der Waals surface area contributed by atoms with Gasteiger partial charge >= 0.3 is 5.97 Å². The summed E-state index contributed by atoms with van der Waals surface area (Å²) in [6, 6.07) is -5.13. The molecule has 10 N–H and O–H groups in total. The zero-order chi connectivity index (χ0) is 25.9. The van der Waals surface area contributed by atoms with Gasteiger partial charge in [-0.15, -0.1) is 0 Å². The Balaban J connectivity index is 5.58. The molecule has 0 aliphatic rings. The first-order valence-corrected chi connectivity index (χ1v) is 10.7. The molecule has 5 amide bonds. The summed E-state index contributed by atoms with van der Waals surface area (Å²) >= 11 is 0. The lowest BCUT2D eigenvalue weighted by molar-refractivity contribution is -0.144. The van der Waals surface area contributed by atoms with Gasteiger partial charge in [0.15, 0.2) is 0 Å². The fourth-order valence-corrected chi connectivity index (χ4v) is 2.91. The summed E-state index contributed by atoms with van der Waals surface area (Å²) in [5.41, 5.74) is 15.8. The Kier molecular flexibility index (Phi) is 12.7. The van der Waals surface area contributed by atoms with Crippen LogP contribution in [0.1, 0.15) is 53.4 Å². The summed E-state index contributed by atoms with van der Waals surface area (Å²) in [7, 11) is 0. The number of amides is 5. The van der Waals surface area contributed by atoms with Crippen LogP contribution in [0.3, 0.4) is 0 Å². The van der Waals surface area contributed by atoms with Crippen molar-refractivity contribution < 1.29 is 33.9 Å². The normalized spacial score (nSPS) is 15.5. The predicted molar refractivity (Wildman–Crippen MR) is 118 cm³/mol. The van der Waals surface area contributed by atoms with Crippen molar-refractivity contribution in [1.29, 1.82) is 0 Å². The van der Waals surface area contributed by atoms with Crippen LogP contribution in [0.4, 0.5) is 0 Å². The van der Waals surface area contributed by atoms with Gasteiger partial charge < -0.3 is 38.3 Å². The maximum Gasteiger partial charge on any atom is 0.326 e. The van der Waals surface area contributed by atoms with Crippen molar-refractivity contribution in [1.82, 2.24) is 16.0 Å². The van der Waals surface area contributed by atoms with E-state index in [1.54, 1.807) is 27.7 Å². The van der Waals surface area contributed by atoms with E-state index in [-0.39, 0.29) is 12.3 Å². The molecule has 0 rings (SSSR count). The number of hydrogen-bond donors (Lipinski definition) is 7. The highest BCUT2D eigenvalue weighted by Crippen LogP contribution is 2.10. The minimum Gasteiger partial charge on any atom is -0.480 e. The van der Waals surface area contributed by atoms with Crippen molar-refractivity contribution in [2.45, 2.75) is 77.5 Å². The average Bonchev–Trinajstić information content (AvgIpc) is 2.68. The summed E-state index contributed by atoms with van der Waals surface area (Å²) in [5, 5.41) is 16.5. The summed E-state index contributed by atoms with van der Waals surface area (Å²) in [5.74, 6) is -5.97. The second-order valence-corrected chi connectivity index (χ2v) is 8.41. The van der Waals surface area contributed by atoms with Gasteiger partial charge in [-0.05, 0) is 18.3 Å². The standard InChI is InChI=1S/C20H36N6O7/c1-5-10(4)16(20(32)33)26-19(31)13(8-15(23)28)25-18(30)12(6-9(2)3)24-17(29)11(21)7-14(22)27/h9-13,16H,5-8,21H2,1-4H3,(H2,22,27)(H2,23,28)(H,24,29)(H,25,30)(H,26,31)(H,32,33). The topological polar surface area (TPSA) is 237 Å². The Morgan fingerprint density at radius 1 is 0.788 bits per heavy atom. The van der Waals surface area contributed by atoms with Gasteiger partial charge in [0, 0.05) is 0 Å². The molecule has 0 saturated heterocycles. The van der Waals surface area contributed by atoms with E-state index in [1.807, 2.05) is 0 Å². The summed E-state index contributed by atoms with van der Waals surface area (Å²) in [4.78, 5) is 71.8. The number of carbonyl (C=O) groups is 6. The summed E-state index contributed by atoms with van der Waals surface area (Å²) < 4.78 is 0. The Morgan fingerprint density at radius 2 is 1.27 bits per heavy atom. The van der Waals surface area contributed by atoms with Crippen LogP contribution >= 0.6 is 0 Å². The largest absolute Gasteiger partial charge is 0.480 e.